The van der Waals surface area contributed by atoms with E-state index in [1.165, 1.54) is 24.8 Å². The van der Waals surface area contributed by atoms with E-state index in [0.29, 0.717) is 6.54 Å². The van der Waals surface area contributed by atoms with Crippen LogP contribution in [-0.4, -0.2) is 48.3 Å². The van der Waals surface area contributed by atoms with Crippen LogP contribution in [0.4, 0.5) is 10.5 Å². The van der Waals surface area contributed by atoms with Crippen molar-refractivity contribution in [2.24, 2.45) is 0 Å². The van der Waals surface area contributed by atoms with Gasteiger partial charge in [0.05, 0.1) is 6.10 Å². The minimum atomic E-state index is -0.522. The molecule has 1 aromatic carbocycles. The number of piperidine rings is 1. The Hall–Kier alpha value is -1.59. The van der Waals surface area contributed by atoms with E-state index in [1.807, 2.05) is 24.3 Å². The maximum absolute atomic E-state index is 11.8. The van der Waals surface area contributed by atoms with E-state index in [-0.39, 0.29) is 12.6 Å². The van der Waals surface area contributed by atoms with Crippen molar-refractivity contribution in [3.63, 3.8) is 0 Å². The first-order valence-corrected chi connectivity index (χ1v) is 8.21. The number of aryl methyl sites for hydroxylation is 1. The summed E-state index contributed by atoms with van der Waals surface area (Å²) in [4.78, 5) is 14.1. The summed E-state index contributed by atoms with van der Waals surface area (Å²) in [5.74, 6) is 0. The van der Waals surface area contributed by atoms with Crippen molar-refractivity contribution in [2.45, 2.75) is 38.7 Å². The molecule has 1 aromatic rings. The monoisotopic (exact) mass is 305 g/mol. The average Bonchev–Trinajstić information content (AvgIpc) is 2.55. The summed E-state index contributed by atoms with van der Waals surface area (Å²) in [6, 6.07) is 7.51. The van der Waals surface area contributed by atoms with Crippen LogP contribution in [0.1, 0.15) is 31.7 Å². The number of aliphatic hydroxyl groups is 1. The van der Waals surface area contributed by atoms with Crippen LogP contribution in [0.15, 0.2) is 24.3 Å². The molecule has 0 radical (unpaired) electrons. The number of hydrogen-bond donors (Lipinski definition) is 3. The number of likely N-dealkylation sites (tertiary alicyclic amines) is 1. The molecule has 1 aliphatic heterocycles. The number of β-amino-alcohol motifs (C(OH)–C–C–N with tert-alkyl or cyclic N) is 1. The van der Waals surface area contributed by atoms with Crippen LogP contribution >= 0.6 is 0 Å². The third kappa shape index (κ3) is 5.66. The van der Waals surface area contributed by atoms with Gasteiger partial charge >= 0.3 is 6.03 Å². The first kappa shape index (κ1) is 16.8. The standard InChI is InChI=1S/C17H27N3O2/c1-2-14-6-8-15(9-7-14)19-17(22)18-12-16(21)13-20-10-4-3-5-11-20/h6-9,16,21H,2-5,10-13H2,1H3,(H2,18,19,22)/t16-/m1/s1. The zero-order chi connectivity index (χ0) is 15.8. The summed E-state index contributed by atoms with van der Waals surface area (Å²) in [6.45, 7) is 5.10. The lowest BCUT2D eigenvalue weighted by atomic mass is 10.1. The van der Waals surface area contributed by atoms with Crippen molar-refractivity contribution in [1.82, 2.24) is 10.2 Å². The van der Waals surface area contributed by atoms with Crippen molar-refractivity contribution in [1.29, 1.82) is 0 Å². The lowest BCUT2D eigenvalue weighted by Crippen LogP contribution is -2.42. The van der Waals surface area contributed by atoms with E-state index >= 15 is 0 Å². The van der Waals surface area contributed by atoms with Crippen LogP contribution in [0.3, 0.4) is 0 Å². The molecule has 2 rings (SSSR count). The molecule has 22 heavy (non-hydrogen) atoms. The largest absolute Gasteiger partial charge is 0.390 e. The number of hydrogen-bond acceptors (Lipinski definition) is 3. The summed E-state index contributed by atoms with van der Waals surface area (Å²) in [7, 11) is 0. The molecule has 1 heterocycles. The van der Waals surface area contributed by atoms with Crippen LogP contribution in [0.2, 0.25) is 0 Å². The second-order valence-electron chi connectivity index (χ2n) is 5.90. The fourth-order valence-corrected chi connectivity index (χ4v) is 2.71. The molecular weight excluding hydrogens is 278 g/mol. The Balaban J connectivity index is 1.67. The van der Waals surface area contributed by atoms with E-state index in [0.717, 1.165) is 25.2 Å². The van der Waals surface area contributed by atoms with Crippen LogP contribution < -0.4 is 10.6 Å². The molecule has 0 spiro atoms. The van der Waals surface area contributed by atoms with E-state index in [9.17, 15) is 9.90 Å². The average molecular weight is 305 g/mol. The highest BCUT2D eigenvalue weighted by atomic mass is 16.3. The summed E-state index contributed by atoms with van der Waals surface area (Å²) < 4.78 is 0. The van der Waals surface area contributed by atoms with Gasteiger partial charge < -0.3 is 20.6 Å². The molecule has 0 unspecified atom stereocenters. The molecule has 0 bridgehead atoms. The molecule has 1 fully saturated rings. The highest BCUT2D eigenvalue weighted by molar-refractivity contribution is 5.89. The molecule has 0 saturated carbocycles. The molecule has 0 aliphatic carbocycles. The van der Waals surface area contributed by atoms with Crippen molar-refractivity contribution in [2.75, 3.05) is 31.5 Å². The van der Waals surface area contributed by atoms with Crippen molar-refractivity contribution in [3.05, 3.63) is 29.8 Å². The number of carbonyl (C=O) groups is 1. The number of anilines is 1. The summed E-state index contributed by atoms with van der Waals surface area (Å²) in [5, 5.41) is 15.5. The molecule has 3 N–H and O–H groups in total. The molecule has 0 aromatic heterocycles. The van der Waals surface area contributed by atoms with E-state index in [1.54, 1.807) is 0 Å². The second-order valence-corrected chi connectivity index (χ2v) is 5.90. The van der Waals surface area contributed by atoms with Gasteiger partial charge in [-0.3, -0.25) is 0 Å². The Morgan fingerprint density at radius 3 is 2.55 bits per heavy atom. The van der Waals surface area contributed by atoms with Crippen LogP contribution in [0, 0.1) is 0 Å². The van der Waals surface area contributed by atoms with E-state index < -0.39 is 6.10 Å². The smallest absolute Gasteiger partial charge is 0.319 e. The fourth-order valence-electron chi connectivity index (χ4n) is 2.71. The number of benzene rings is 1. The Morgan fingerprint density at radius 2 is 1.91 bits per heavy atom. The molecule has 2 amide bonds. The van der Waals surface area contributed by atoms with Crippen LogP contribution in [-0.2, 0) is 6.42 Å². The molecule has 5 heteroatoms. The Morgan fingerprint density at radius 1 is 1.23 bits per heavy atom. The zero-order valence-electron chi connectivity index (χ0n) is 13.3. The molecule has 122 valence electrons. The summed E-state index contributed by atoms with van der Waals surface area (Å²) >= 11 is 0. The lowest BCUT2D eigenvalue weighted by Gasteiger charge is -2.28. The van der Waals surface area contributed by atoms with Gasteiger partial charge in [0.15, 0.2) is 0 Å². The molecular formula is C17H27N3O2. The number of rotatable bonds is 6. The number of amides is 2. The molecule has 5 nitrogen and oxygen atoms in total. The third-order valence-electron chi connectivity index (χ3n) is 4.04. The van der Waals surface area contributed by atoms with Gasteiger partial charge in [-0.15, -0.1) is 0 Å². The zero-order valence-corrected chi connectivity index (χ0v) is 13.3. The van der Waals surface area contributed by atoms with Gasteiger partial charge in [-0.1, -0.05) is 25.5 Å². The van der Waals surface area contributed by atoms with Crippen LogP contribution in [0.5, 0.6) is 0 Å². The minimum absolute atomic E-state index is 0.273. The highest BCUT2D eigenvalue weighted by Crippen LogP contribution is 2.10. The first-order chi connectivity index (χ1) is 10.7. The quantitative estimate of drug-likeness (QED) is 0.755. The van der Waals surface area contributed by atoms with Crippen LogP contribution in [0.25, 0.3) is 0 Å². The molecule has 1 atom stereocenters. The predicted octanol–water partition coefficient (Wildman–Crippen LogP) is 2.22. The fraction of sp³-hybridized carbons (Fsp3) is 0.588. The Kier molecular flexibility index (Phi) is 6.68. The number of nitrogens with one attached hydrogen (secondary N) is 2. The van der Waals surface area contributed by atoms with Gasteiger partial charge in [0, 0.05) is 18.8 Å². The highest BCUT2D eigenvalue weighted by Gasteiger charge is 2.15. The van der Waals surface area contributed by atoms with Gasteiger partial charge in [-0.2, -0.15) is 0 Å². The predicted molar refractivity (Wildman–Crippen MR) is 89.1 cm³/mol. The van der Waals surface area contributed by atoms with Crippen molar-refractivity contribution < 1.29 is 9.90 Å². The number of carbonyl (C=O) groups excluding carboxylic acids is 1. The number of aliphatic hydroxyl groups excluding tert-OH is 1. The molecule has 1 aliphatic rings. The van der Waals surface area contributed by atoms with Gasteiger partial charge in [0.1, 0.15) is 0 Å². The van der Waals surface area contributed by atoms with Gasteiger partial charge in [0.25, 0.3) is 0 Å². The van der Waals surface area contributed by atoms with Gasteiger partial charge in [-0.25, -0.2) is 4.79 Å². The summed E-state index contributed by atoms with van der Waals surface area (Å²) in [5.41, 5.74) is 2.00. The van der Waals surface area contributed by atoms with Gasteiger partial charge in [-0.05, 0) is 50.0 Å². The topological polar surface area (TPSA) is 64.6 Å². The maximum Gasteiger partial charge on any atom is 0.319 e. The van der Waals surface area contributed by atoms with E-state index in [4.69, 9.17) is 0 Å². The number of nitrogens with zero attached hydrogens (tertiary/aromatic N) is 1. The SMILES string of the molecule is CCc1ccc(NC(=O)NC[C@@H](O)CN2CCCCC2)cc1. The number of urea groups is 1. The second kappa shape index (κ2) is 8.76. The third-order valence-corrected chi connectivity index (χ3v) is 4.04. The normalized spacial score (nSPS) is 17.0. The van der Waals surface area contributed by atoms with Crippen molar-refractivity contribution in [3.8, 4) is 0 Å². The summed E-state index contributed by atoms with van der Waals surface area (Å²) in [6.07, 6.45) is 4.15. The van der Waals surface area contributed by atoms with E-state index in [2.05, 4.69) is 22.5 Å². The maximum atomic E-state index is 11.8. The Bertz CT molecular complexity index is 455. The first-order valence-electron chi connectivity index (χ1n) is 8.21. The lowest BCUT2D eigenvalue weighted by molar-refractivity contribution is 0.102. The minimum Gasteiger partial charge on any atom is -0.390 e. The molecule has 1 saturated heterocycles. The Labute approximate surface area is 132 Å². The van der Waals surface area contributed by atoms with Gasteiger partial charge in [0.2, 0.25) is 0 Å². The van der Waals surface area contributed by atoms with Crippen molar-refractivity contribution >= 4 is 11.7 Å².